The Bertz CT molecular complexity index is 706. The number of nitrogens with two attached hydrogens (primary N) is 1. The Kier molecular flexibility index (Phi) is 4.56. The number of hydrogen-bond donors (Lipinski definition) is 3. The summed E-state index contributed by atoms with van der Waals surface area (Å²) in [6.07, 6.45) is 1.45. The molecule has 0 spiro atoms. The quantitative estimate of drug-likeness (QED) is 0.574. The molecule has 0 atom stereocenters. The maximum atomic E-state index is 12.2. The van der Waals surface area contributed by atoms with Crippen molar-refractivity contribution in [3.8, 4) is 0 Å². The van der Waals surface area contributed by atoms with Crippen molar-refractivity contribution in [2.75, 3.05) is 5.43 Å². The van der Waals surface area contributed by atoms with Gasteiger partial charge in [0.1, 0.15) is 4.90 Å². The zero-order valence-corrected chi connectivity index (χ0v) is 11.9. The summed E-state index contributed by atoms with van der Waals surface area (Å²) >= 11 is 5.98. The van der Waals surface area contributed by atoms with Gasteiger partial charge in [0.25, 0.3) is 0 Å². The lowest BCUT2D eigenvalue weighted by atomic mass is 10.2. The highest BCUT2D eigenvalue weighted by molar-refractivity contribution is 7.89. The van der Waals surface area contributed by atoms with Gasteiger partial charge in [-0.05, 0) is 23.8 Å². The normalized spacial score (nSPS) is 11.3. The maximum Gasteiger partial charge on any atom is 0.244 e. The second kappa shape index (κ2) is 6.19. The number of anilines is 1. The zero-order valence-electron chi connectivity index (χ0n) is 10.4. The predicted octanol–water partition coefficient (Wildman–Crippen LogP) is 1.50. The first kappa shape index (κ1) is 14.7. The summed E-state index contributed by atoms with van der Waals surface area (Å²) in [4.78, 5) is 3.84. The highest BCUT2D eigenvalue weighted by Crippen LogP contribution is 2.19. The van der Waals surface area contributed by atoms with E-state index in [1.165, 1.54) is 18.3 Å². The van der Waals surface area contributed by atoms with Gasteiger partial charge in [0.05, 0.1) is 0 Å². The summed E-state index contributed by atoms with van der Waals surface area (Å²) in [7, 11) is -3.73. The van der Waals surface area contributed by atoms with E-state index in [2.05, 4.69) is 15.1 Å². The molecule has 8 heteroatoms. The molecule has 0 aliphatic heterocycles. The molecular weight excluding hydrogens is 300 g/mol. The third-order valence-corrected chi connectivity index (χ3v) is 4.41. The minimum Gasteiger partial charge on any atom is -0.307 e. The molecule has 0 saturated carbocycles. The first-order valence-corrected chi connectivity index (χ1v) is 7.55. The van der Waals surface area contributed by atoms with Gasteiger partial charge in [-0.3, -0.25) is 0 Å². The van der Waals surface area contributed by atoms with Crippen LogP contribution >= 0.6 is 11.6 Å². The number of sulfonamides is 1. The minimum absolute atomic E-state index is 0.0189. The van der Waals surface area contributed by atoms with Gasteiger partial charge in [0.2, 0.25) is 10.0 Å². The second-order valence-corrected chi connectivity index (χ2v) is 6.05. The summed E-state index contributed by atoms with van der Waals surface area (Å²) < 4.78 is 26.9. The molecule has 1 heterocycles. The lowest BCUT2D eigenvalue weighted by Crippen LogP contribution is -2.25. The van der Waals surface area contributed by atoms with Crippen molar-refractivity contribution in [3.63, 3.8) is 0 Å². The monoisotopic (exact) mass is 312 g/mol. The van der Waals surface area contributed by atoms with E-state index in [1.54, 1.807) is 24.3 Å². The van der Waals surface area contributed by atoms with Crippen molar-refractivity contribution < 1.29 is 8.42 Å². The number of pyridine rings is 1. The van der Waals surface area contributed by atoms with Crippen LogP contribution in [0.4, 0.5) is 5.82 Å². The van der Waals surface area contributed by atoms with E-state index in [0.29, 0.717) is 10.6 Å². The molecule has 106 valence electrons. The van der Waals surface area contributed by atoms with Crippen LogP contribution in [-0.2, 0) is 16.6 Å². The van der Waals surface area contributed by atoms with E-state index < -0.39 is 10.0 Å². The molecule has 0 aliphatic rings. The Balaban J connectivity index is 2.22. The topological polar surface area (TPSA) is 97.1 Å². The molecule has 1 aromatic heterocycles. The lowest BCUT2D eigenvalue weighted by molar-refractivity contribution is 0.581. The van der Waals surface area contributed by atoms with Crippen LogP contribution in [0.3, 0.4) is 0 Å². The molecule has 0 unspecified atom stereocenters. The van der Waals surface area contributed by atoms with E-state index in [4.69, 9.17) is 17.4 Å². The Hall–Kier alpha value is -1.67. The SMILES string of the molecule is NNc1ncccc1S(=O)(=O)NCc1ccccc1Cl. The first-order valence-electron chi connectivity index (χ1n) is 5.69. The number of benzene rings is 1. The van der Waals surface area contributed by atoms with Gasteiger partial charge in [-0.2, -0.15) is 0 Å². The summed E-state index contributed by atoms with van der Waals surface area (Å²) in [5.74, 6) is 5.34. The molecular formula is C12H13ClN4O2S. The smallest absolute Gasteiger partial charge is 0.244 e. The molecule has 0 fully saturated rings. The van der Waals surface area contributed by atoms with Crippen molar-refractivity contribution in [2.45, 2.75) is 11.4 Å². The van der Waals surface area contributed by atoms with Gasteiger partial charge in [-0.25, -0.2) is 24.0 Å². The fourth-order valence-electron chi connectivity index (χ4n) is 1.61. The highest BCUT2D eigenvalue weighted by Gasteiger charge is 2.18. The first-order chi connectivity index (χ1) is 9.54. The summed E-state index contributed by atoms with van der Waals surface area (Å²) in [6, 6.07) is 9.94. The van der Waals surface area contributed by atoms with Crippen molar-refractivity contribution in [1.82, 2.24) is 9.71 Å². The van der Waals surface area contributed by atoms with E-state index in [-0.39, 0.29) is 17.3 Å². The van der Waals surface area contributed by atoms with Gasteiger partial charge in [-0.1, -0.05) is 29.8 Å². The largest absolute Gasteiger partial charge is 0.307 e. The number of nitrogen functional groups attached to an aromatic ring is 1. The summed E-state index contributed by atoms with van der Waals surface area (Å²) in [5, 5.41) is 0.499. The van der Waals surface area contributed by atoms with E-state index in [1.807, 2.05) is 0 Å². The number of hydrogen-bond acceptors (Lipinski definition) is 5. The highest BCUT2D eigenvalue weighted by atomic mass is 35.5. The Morgan fingerprint density at radius 1 is 1.20 bits per heavy atom. The molecule has 20 heavy (non-hydrogen) atoms. The molecule has 0 amide bonds. The van der Waals surface area contributed by atoms with Crippen LogP contribution in [0.1, 0.15) is 5.56 Å². The van der Waals surface area contributed by atoms with Gasteiger partial charge < -0.3 is 5.43 Å². The van der Waals surface area contributed by atoms with Gasteiger partial charge >= 0.3 is 0 Å². The van der Waals surface area contributed by atoms with Crippen molar-refractivity contribution in [3.05, 3.63) is 53.2 Å². The molecule has 2 aromatic rings. The maximum absolute atomic E-state index is 12.2. The van der Waals surface area contributed by atoms with E-state index in [9.17, 15) is 8.42 Å². The Morgan fingerprint density at radius 3 is 2.65 bits per heavy atom. The summed E-state index contributed by atoms with van der Waals surface area (Å²) in [6.45, 7) is 0.0842. The van der Waals surface area contributed by atoms with Crippen LogP contribution in [0.25, 0.3) is 0 Å². The average molecular weight is 313 g/mol. The minimum atomic E-state index is -3.73. The Labute approximate surface area is 122 Å². The number of aromatic nitrogens is 1. The molecule has 4 N–H and O–H groups in total. The Morgan fingerprint density at radius 2 is 1.95 bits per heavy atom. The number of nitrogens with zero attached hydrogens (tertiary/aromatic N) is 1. The zero-order chi connectivity index (χ0) is 14.6. The third kappa shape index (κ3) is 3.26. The third-order valence-electron chi connectivity index (χ3n) is 2.61. The number of hydrazine groups is 1. The standard InChI is InChI=1S/C12H13ClN4O2S/c13-10-5-2-1-4-9(10)8-16-20(18,19)11-6-3-7-15-12(11)17-14/h1-7,16H,8,14H2,(H,15,17). The number of rotatable bonds is 5. The van der Waals surface area contributed by atoms with Crippen LogP contribution in [0.5, 0.6) is 0 Å². The number of nitrogens with one attached hydrogen (secondary N) is 2. The van der Waals surface area contributed by atoms with Gasteiger partial charge in [0, 0.05) is 17.8 Å². The van der Waals surface area contributed by atoms with Crippen LogP contribution in [-0.4, -0.2) is 13.4 Å². The molecule has 1 aromatic carbocycles. The molecule has 0 aliphatic carbocycles. The van der Waals surface area contributed by atoms with Gasteiger partial charge in [0.15, 0.2) is 5.82 Å². The van der Waals surface area contributed by atoms with Crippen molar-refractivity contribution in [2.24, 2.45) is 5.84 Å². The molecule has 0 saturated heterocycles. The lowest BCUT2D eigenvalue weighted by Gasteiger charge is -2.10. The fraction of sp³-hybridized carbons (Fsp3) is 0.0833. The van der Waals surface area contributed by atoms with E-state index >= 15 is 0 Å². The predicted molar refractivity (Wildman–Crippen MR) is 77.5 cm³/mol. The van der Waals surface area contributed by atoms with Crippen molar-refractivity contribution in [1.29, 1.82) is 0 Å². The van der Waals surface area contributed by atoms with Crippen LogP contribution < -0.4 is 16.0 Å². The summed E-state index contributed by atoms with van der Waals surface area (Å²) in [5.41, 5.74) is 2.94. The second-order valence-electron chi connectivity index (χ2n) is 3.91. The molecule has 0 bridgehead atoms. The van der Waals surface area contributed by atoms with Crippen LogP contribution in [0.2, 0.25) is 5.02 Å². The van der Waals surface area contributed by atoms with Crippen LogP contribution in [0.15, 0.2) is 47.5 Å². The average Bonchev–Trinajstić information content (AvgIpc) is 2.46. The van der Waals surface area contributed by atoms with E-state index in [0.717, 1.165) is 0 Å². The van der Waals surface area contributed by atoms with Crippen molar-refractivity contribution >= 4 is 27.4 Å². The molecule has 6 nitrogen and oxygen atoms in total. The van der Waals surface area contributed by atoms with Gasteiger partial charge in [-0.15, -0.1) is 0 Å². The molecule has 2 rings (SSSR count). The van der Waals surface area contributed by atoms with Crippen LogP contribution in [0, 0.1) is 0 Å². The number of halogens is 1. The molecule has 0 radical (unpaired) electrons. The fourth-order valence-corrected chi connectivity index (χ4v) is 2.94.